The summed E-state index contributed by atoms with van der Waals surface area (Å²) in [7, 11) is 0. The second-order valence-electron chi connectivity index (χ2n) is 20.6. The molecule has 0 N–H and O–H groups in total. The summed E-state index contributed by atoms with van der Waals surface area (Å²) in [5, 5.41) is 4.41. The molecule has 0 atom stereocenters. The van der Waals surface area contributed by atoms with Crippen LogP contribution in [0.25, 0.3) is 83.7 Å². The zero-order chi connectivity index (χ0) is 46.7. The maximum atomic E-state index is 5.29. The lowest BCUT2D eigenvalue weighted by Gasteiger charge is -2.19. The fraction of sp³-hybridized carbons (Fsp3) is 0.328. The van der Waals surface area contributed by atoms with E-state index < -0.39 is 0 Å². The number of pyridine rings is 2. The first kappa shape index (κ1) is 45.6. The van der Waals surface area contributed by atoms with Gasteiger partial charge in [0.1, 0.15) is 0 Å². The van der Waals surface area contributed by atoms with E-state index in [0.717, 1.165) is 51.6 Å². The molecule has 0 aliphatic carbocycles. The second-order valence-corrected chi connectivity index (χ2v) is 20.6. The van der Waals surface area contributed by atoms with E-state index in [0.29, 0.717) is 17.5 Å². The number of hydrogen-bond acceptors (Lipinski definition) is 5. The Morgan fingerprint density at radius 2 is 1.01 bits per heavy atom. The largest absolute Gasteiger partial charge is 0.309 e. The summed E-state index contributed by atoms with van der Waals surface area (Å²) >= 11 is 0. The number of hydrogen-bond donors (Lipinski definition) is 0. The molecule has 0 radical (unpaired) electrons. The first-order chi connectivity index (χ1) is 32.4. The maximum Gasteiger partial charge on any atom is 0.166 e. The summed E-state index contributed by atoms with van der Waals surface area (Å²) in [6.07, 6.45) is 18.0. The lowest BCUT2D eigenvalue weighted by molar-refractivity contribution is 0.590. The van der Waals surface area contributed by atoms with Crippen LogP contribution in [-0.4, -0.2) is 29.5 Å². The molecular weight excluding hydrogens is 817 g/mol. The maximum absolute atomic E-state index is 5.29. The molecule has 0 aliphatic heterocycles. The molecule has 5 aromatic carbocycles. The first-order valence-corrected chi connectivity index (χ1v) is 24.8. The van der Waals surface area contributed by atoms with Crippen LogP contribution in [0.3, 0.4) is 0 Å². The first-order valence-electron chi connectivity index (χ1n) is 24.8. The highest BCUT2D eigenvalue weighted by Gasteiger charge is 2.21. The Kier molecular flexibility index (Phi) is 13.2. The van der Waals surface area contributed by atoms with Crippen molar-refractivity contribution in [1.82, 2.24) is 29.5 Å². The summed E-state index contributed by atoms with van der Waals surface area (Å²) in [5.41, 5.74) is 13.7. The number of rotatable bonds is 15. The smallest absolute Gasteiger partial charge is 0.166 e. The van der Waals surface area contributed by atoms with Gasteiger partial charge in [0, 0.05) is 68.1 Å². The molecule has 0 spiro atoms. The number of unbranched alkanes of at least 4 members (excludes halogenated alkanes) is 6. The molecular formula is C61H66N6. The van der Waals surface area contributed by atoms with Crippen molar-refractivity contribution in [1.29, 1.82) is 0 Å². The molecule has 0 amide bonds. The van der Waals surface area contributed by atoms with Crippen LogP contribution in [0.1, 0.15) is 129 Å². The Morgan fingerprint density at radius 1 is 0.463 bits per heavy atom. The van der Waals surface area contributed by atoms with E-state index in [4.69, 9.17) is 19.9 Å². The highest BCUT2D eigenvalue weighted by atomic mass is 15.0. The van der Waals surface area contributed by atoms with Gasteiger partial charge in [0.15, 0.2) is 17.5 Å². The second kappa shape index (κ2) is 19.4. The van der Waals surface area contributed by atoms with Crippen LogP contribution in [0.4, 0.5) is 0 Å². The third kappa shape index (κ3) is 9.81. The van der Waals surface area contributed by atoms with Gasteiger partial charge in [0.2, 0.25) is 0 Å². The topological polar surface area (TPSA) is 69.4 Å². The van der Waals surface area contributed by atoms with Crippen LogP contribution in [0.15, 0.2) is 134 Å². The molecule has 9 aromatic rings. The van der Waals surface area contributed by atoms with Gasteiger partial charge < -0.3 is 4.57 Å². The van der Waals surface area contributed by atoms with E-state index in [1.54, 1.807) is 0 Å². The third-order valence-electron chi connectivity index (χ3n) is 13.5. The van der Waals surface area contributed by atoms with Crippen molar-refractivity contribution >= 4 is 32.6 Å². The minimum atomic E-state index is 0.0267. The molecule has 0 fully saturated rings. The molecule has 340 valence electrons. The van der Waals surface area contributed by atoms with Crippen LogP contribution < -0.4 is 0 Å². The number of para-hydroxylation sites is 1. The van der Waals surface area contributed by atoms with Crippen LogP contribution >= 0.6 is 0 Å². The van der Waals surface area contributed by atoms with Gasteiger partial charge in [-0.15, -0.1) is 0 Å². The van der Waals surface area contributed by atoms with Crippen molar-refractivity contribution in [2.75, 3.05) is 0 Å². The van der Waals surface area contributed by atoms with Gasteiger partial charge in [-0.05, 0) is 89.1 Å². The van der Waals surface area contributed by atoms with Crippen molar-refractivity contribution in [2.24, 2.45) is 0 Å². The van der Waals surface area contributed by atoms with Crippen LogP contribution in [0, 0.1) is 0 Å². The van der Waals surface area contributed by atoms with E-state index in [1.165, 1.54) is 101 Å². The van der Waals surface area contributed by atoms with Crippen molar-refractivity contribution in [2.45, 2.75) is 130 Å². The van der Waals surface area contributed by atoms with E-state index in [2.05, 4.69) is 180 Å². The highest BCUT2D eigenvalue weighted by Crippen LogP contribution is 2.39. The van der Waals surface area contributed by atoms with E-state index in [1.807, 2.05) is 18.6 Å². The SMILES string of the molecule is CCCCCCc1cc(CCCCCC)cc(-n2c3ccccc3c3ccc(-c4ncc(-c5nc(-c6ccc(C(C)(C)C)cc6)nc(-c6ccc(C(C)(C)C)cc6)n5)c5cnccc45)cc32)c1. The number of benzene rings is 5. The minimum Gasteiger partial charge on any atom is -0.309 e. The monoisotopic (exact) mass is 883 g/mol. The molecule has 6 heteroatoms. The Hall–Kier alpha value is -6.53. The zero-order valence-corrected chi connectivity index (χ0v) is 41.0. The molecule has 4 aromatic heterocycles. The molecule has 0 saturated heterocycles. The molecule has 67 heavy (non-hydrogen) atoms. The Morgan fingerprint density at radius 3 is 1.60 bits per heavy atom. The standard InChI is InChI=1S/C61H66N6/c1-9-11-13-15-19-41-35-42(20-16-14-12-10-2)37-48(36-41)67-54-22-18-17-21-49(54)50-32-27-45(38-55(50)67)56-51-33-34-62-39-52(51)53(40-63-56)59-65-57(43-23-28-46(29-24-43)60(3,4)5)64-58(66-59)44-25-30-47(31-26-44)61(6,7)8/h17-18,21-40H,9-16,19-20H2,1-8H3. The molecule has 9 rings (SSSR count). The zero-order valence-electron chi connectivity index (χ0n) is 41.0. The van der Waals surface area contributed by atoms with E-state index >= 15 is 0 Å². The molecule has 0 unspecified atom stereocenters. The van der Waals surface area contributed by atoms with Crippen LogP contribution in [0.5, 0.6) is 0 Å². The summed E-state index contributed by atoms with van der Waals surface area (Å²) in [6.45, 7) is 18.0. The summed E-state index contributed by atoms with van der Waals surface area (Å²) in [6, 6.07) is 42.4. The van der Waals surface area contributed by atoms with Crippen molar-refractivity contribution in [3.05, 3.63) is 156 Å². The Labute approximate surface area is 398 Å². The van der Waals surface area contributed by atoms with E-state index in [9.17, 15) is 0 Å². The lowest BCUT2D eigenvalue weighted by Crippen LogP contribution is -2.11. The van der Waals surface area contributed by atoms with Gasteiger partial charge in [-0.25, -0.2) is 15.0 Å². The molecule has 4 heterocycles. The molecule has 0 saturated carbocycles. The van der Waals surface area contributed by atoms with E-state index in [-0.39, 0.29) is 10.8 Å². The quantitative estimate of drug-likeness (QED) is 0.0960. The number of aryl methyl sites for hydroxylation is 2. The average Bonchev–Trinajstić information content (AvgIpc) is 3.67. The van der Waals surface area contributed by atoms with Crippen molar-refractivity contribution in [3.8, 4) is 51.1 Å². The normalized spacial score (nSPS) is 12.2. The number of nitrogens with zero attached hydrogens (tertiary/aromatic N) is 6. The predicted molar refractivity (Wildman–Crippen MR) is 282 cm³/mol. The van der Waals surface area contributed by atoms with Gasteiger partial charge in [-0.1, -0.05) is 179 Å². The molecule has 6 nitrogen and oxygen atoms in total. The lowest BCUT2D eigenvalue weighted by atomic mass is 9.86. The van der Waals surface area contributed by atoms with Gasteiger partial charge in [-0.3, -0.25) is 9.97 Å². The number of fused-ring (bicyclic) bond motifs is 4. The minimum absolute atomic E-state index is 0.0267. The van der Waals surface area contributed by atoms with Crippen LogP contribution in [-0.2, 0) is 23.7 Å². The average molecular weight is 883 g/mol. The summed E-state index contributed by atoms with van der Waals surface area (Å²) in [4.78, 5) is 25.4. The van der Waals surface area contributed by atoms with Gasteiger partial charge in [-0.2, -0.15) is 0 Å². The van der Waals surface area contributed by atoms with Gasteiger partial charge in [0.05, 0.1) is 16.7 Å². The van der Waals surface area contributed by atoms with Crippen LogP contribution in [0.2, 0.25) is 0 Å². The summed E-state index contributed by atoms with van der Waals surface area (Å²) < 4.78 is 2.49. The van der Waals surface area contributed by atoms with Gasteiger partial charge >= 0.3 is 0 Å². The molecule has 0 aliphatic rings. The fourth-order valence-electron chi connectivity index (χ4n) is 9.55. The highest BCUT2D eigenvalue weighted by molar-refractivity contribution is 6.11. The summed E-state index contributed by atoms with van der Waals surface area (Å²) in [5.74, 6) is 1.80. The Balaban J connectivity index is 1.17. The van der Waals surface area contributed by atoms with Crippen molar-refractivity contribution < 1.29 is 0 Å². The van der Waals surface area contributed by atoms with Crippen molar-refractivity contribution in [3.63, 3.8) is 0 Å². The Bertz CT molecular complexity index is 3060. The fourth-order valence-corrected chi connectivity index (χ4v) is 9.55. The number of aromatic nitrogens is 6. The third-order valence-corrected chi connectivity index (χ3v) is 13.5. The van der Waals surface area contributed by atoms with Gasteiger partial charge in [0.25, 0.3) is 0 Å². The predicted octanol–water partition coefficient (Wildman–Crippen LogP) is 16.4. The molecule has 0 bridgehead atoms.